The number of pyridine rings is 1. The minimum Gasteiger partial charge on any atom is -0.375 e. The quantitative estimate of drug-likeness (QED) is 0.876. The number of hydrogen-bond acceptors (Lipinski definition) is 5. The van der Waals surface area contributed by atoms with Gasteiger partial charge in [-0.1, -0.05) is 0 Å². The van der Waals surface area contributed by atoms with E-state index in [9.17, 15) is 9.59 Å². The van der Waals surface area contributed by atoms with Crippen LogP contribution in [0.2, 0.25) is 0 Å². The van der Waals surface area contributed by atoms with E-state index >= 15 is 0 Å². The number of hydrogen-bond donors (Lipinski definition) is 2. The van der Waals surface area contributed by atoms with E-state index in [1.807, 2.05) is 6.92 Å². The molecule has 0 saturated heterocycles. The molecule has 2 aromatic rings. The molecule has 0 spiro atoms. The molecule has 3 N–H and O–H groups in total. The molecule has 100 valence electrons. The lowest BCUT2D eigenvalue weighted by atomic mass is 10.3. The molecule has 2 rings (SSSR count). The maximum Gasteiger partial charge on any atom is 0.250 e. The number of nitrogen functional groups attached to an aromatic ring is 1. The number of carbonyl (C=O) groups excluding carboxylic acids is 1. The zero-order valence-electron chi connectivity index (χ0n) is 10.4. The molecule has 0 radical (unpaired) electrons. The molecule has 2 heterocycles. The third-order valence-electron chi connectivity index (χ3n) is 2.52. The minimum absolute atomic E-state index is 0.0900. The molecular weight excluding hydrogens is 264 g/mol. The van der Waals surface area contributed by atoms with Gasteiger partial charge >= 0.3 is 0 Å². The predicted molar refractivity (Wildman–Crippen MR) is 75.2 cm³/mol. The molecule has 7 heteroatoms. The van der Waals surface area contributed by atoms with Gasteiger partial charge in [-0.3, -0.25) is 9.59 Å². The van der Waals surface area contributed by atoms with Crippen LogP contribution in [0.5, 0.6) is 0 Å². The summed E-state index contributed by atoms with van der Waals surface area (Å²) in [5, 5.41) is 4.93. The number of nitrogens with two attached hydrogens (primary N) is 1. The number of nitrogens with one attached hydrogen (secondary N) is 1. The van der Waals surface area contributed by atoms with Crippen molar-refractivity contribution >= 4 is 28.1 Å². The number of aromatic nitrogens is 2. The Bertz CT molecular complexity index is 647. The topological polar surface area (TPSA) is 90.0 Å². The molecule has 2 aromatic heterocycles. The number of thiazole rings is 1. The number of nitrogens with zero attached hydrogens (tertiary/aromatic N) is 2. The van der Waals surface area contributed by atoms with E-state index in [4.69, 9.17) is 5.73 Å². The predicted octanol–water partition coefficient (Wildman–Crippen LogP) is 1.09. The van der Waals surface area contributed by atoms with Crippen LogP contribution in [-0.4, -0.2) is 15.5 Å². The number of rotatable bonds is 4. The first-order chi connectivity index (χ1) is 9.08. The van der Waals surface area contributed by atoms with Crippen molar-refractivity contribution in [2.24, 2.45) is 0 Å². The Morgan fingerprint density at radius 1 is 1.53 bits per heavy atom. The van der Waals surface area contributed by atoms with Crippen LogP contribution >= 0.6 is 11.3 Å². The lowest BCUT2D eigenvalue weighted by molar-refractivity contribution is -0.115. The summed E-state index contributed by atoms with van der Waals surface area (Å²) in [6.07, 6.45) is 1.79. The number of anilines is 2. The van der Waals surface area contributed by atoms with Crippen molar-refractivity contribution in [2.75, 3.05) is 11.1 Å². The average Bonchev–Trinajstić information content (AvgIpc) is 2.77. The van der Waals surface area contributed by atoms with Crippen molar-refractivity contribution < 1.29 is 4.79 Å². The van der Waals surface area contributed by atoms with E-state index in [1.54, 1.807) is 17.6 Å². The summed E-state index contributed by atoms with van der Waals surface area (Å²) in [4.78, 5) is 27.2. The van der Waals surface area contributed by atoms with Gasteiger partial charge in [-0.2, -0.15) is 0 Å². The summed E-state index contributed by atoms with van der Waals surface area (Å²) in [6, 6.07) is 3.02. The zero-order chi connectivity index (χ0) is 13.8. The Kier molecular flexibility index (Phi) is 3.96. The molecular formula is C12H14N4O2S. The maximum absolute atomic E-state index is 11.8. The molecule has 0 fully saturated rings. The van der Waals surface area contributed by atoms with Crippen molar-refractivity contribution in [1.82, 2.24) is 9.55 Å². The second-order valence-corrected chi connectivity index (χ2v) is 4.83. The van der Waals surface area contributed by atoms with E-state index in [2.05, 4.69) is 10.3 Å². The highest BCUT2D eigenvalue weighted by molar-refractivity contribution is 7.13. The Hall–Kier alpha value is -2.15. The van der Waals surface area contributed by atoms with Gasteiger partial charge in [0.15, 0.2) is 5.13 Å². The fraction of sp³-hybridized carbons (Fsp3) is 0.250. The summed E-state index contributed by atoms with van der Waals surface area (Å²) in [5.41, 5.74) is 6.64. The molecule has 0 unspecified atom stereocenters. The monoisotopic (exact) mass is 278 g/mol. The van der Waals surface area contributed by atoms with Crippen LogP contribution in [0.15, 0.2) is 28.5 Å². The summed E-state index contributed by atoms with van der Waals surface area (Å²) in [6.45, 7) is 2.43. The fourth-order valence-electron chi connectivity index (χ4n) is 1.63. The highest BCUT2D eigenvalue weighted by atomic mass is 32.1. The molecule has 0 aliphatic carbocycles. The van der Waals surface area contributed by atoms with E-state index in [0.29, 0.717) is 23.1 Å². The SMILES string of the molecule is CCn1cc(NC(=O)Cc2csc(N)n2)ccc1=O. The smallest absolute Gasteiger partial charge is 0.250 e. The molecule has 0 bridgehead atoms. The van der Waals surface area contributed by atoms with Crippen LogP contribution in [0.1, 0.15) is 12.6 Å². The van der Waals surface area contributed by atoms with Gasteiger partial charge in [0, 0.05) is 24.2 Å². The third-order valence-corrected chi connectivity index (χ3v) is 3.24. The Labute approximate surface area is 113 Å². The van der Waals surface area contributed by atoms with Crippen molar-refractivity contribution in [3.05, 3.63) is 39.8 Å². The fourth-order valence-corrected chi connectivity index (χ4v) is 2.19. The molecule has 0 saturated carbocycles. The van der Waals surface area contributed by atoms with Crippen LogP contribution in [0.3, 0.4) is 0 Å². The molecule has 19 heavy (non-hydrogen) atoms. The van der Waals surface area contributed by atoms with Crippen LogP contribution in [0.4, 0.5) is 10.8 Å². The highest BCUT2D eigenvalue weighted by Gasteiger charge is 2.07. The number of carbonyl (C=O) groups is 1. The van der Waals surface area contributed by atoms with Crippen LogP contribution in [-0.2, 0) is 17.8 Å². The largest absolute Gasteiger partial charge is 0.375 e. The molecule has 0 aromatic carbocycles. The lowest BCUT2D eigenvalue weighted by Gasteiger charge is -2.07. The van der Waals surface area contributed by atoms with Gasteiger partial charge in [-0.15, -0.1) is 11.3 Å². The molecule has 0 aliphatic rings. The first-order valence-electron chi connectivity index (χ1n) is 5.78. The van der Waals surface area contributed by atoms with Gasteiger partial charge in [0.25, 0.3) is 5.56 Å². The van der Waals surface area contributed by atoms with Gasteiger partial charge in [0.05, 0.1) is 17.8 Å². The Morgan fingerprint density at radius 3 is 2.95 bits per heavy atom. The standard InChI is InChI=1S/C12H14N4O2S/c1-2-16-6-8(3-4-11(16)18)14-10(17)5-9-7-19-12(13)15-9/h3-4,6-7H,2,5H2,1H3,(H2,13,15)(H,14,17). The summed E-state index contributed by atoms with van der Waals surface area (Å²) in [7, 11) is 0. The third kappa shape index (κ3) is 3.41. The lowest BCUT2D eigenvalue weighted by Crippen LogP contribution is -2.20. The van der Waals surface area contributed by atoms with E-state index in [1.165, 1.54) is 22.0 Å². The normalized spacial score (nSPS) is 10.4. The van der Waals surface area contributed by atoms with Gasteiger partial charge in [0.2, 0.25) is 5.91 Å². The van der Waals surface area contributed by atoms with Gasteiger partial charge in [0.1, 0.15) is 0 Å². The number of aryl methyl sites for hydroxylation is 1. The summed E-state index contributed by atoms with van der Waals surface area (Å²) < 4.78 is 1.52. The second-order valence-electron chi connectivity index (χ2n) is 3.94. The van der Waals surface area contributed by atoms with Gasteiger partial charge in [-0.25, -0.2) is 4.98 Å². The van der Waals surface area contributed by atoms with E-state index in [0.717, 1.165) is 0 Å². The van der Waals surface area contributed by atoms with Crippen molar-refractivity contribution in [3.63, 3.8) is 0 Å². The Morgan fingerprint density at radius 2 is 2.32 bits per heavy atom. The van der Waals surface area contributed by atoms with Crippen LogP contribution in [0, 0.1) is 0 Å². The van der Waals surface area contributed by atoms with E-state index in [-0.39, 0.29) is 17.9 Å². The van der Waals surface area contributed by atoms with Crippen LogP contribution < -0.4 is 16.6 Å². The Balaban J connectivity index is 2.04. The molecule has 6 nitrogen and oxygen atoms in total. The summed E-state index contributed by atoms with van der Waals surface area (Å²) >= 11 is 1.30. The average molecular weight is 278 g/mol. The van der Waals surface area contributed by atoms with Gasteiger partial charge < -0.3 is 15.6 Å². The van der Waals surface area contributed by atoms with Crippen molar-refractivity contribution in [3.8, 4) is 0 Å². The molecule has 1 amide bonds. The van der Waals surface area contributed by atoms with Crippen LogP contribution in [0.25, 0.3) is 0 Å². The van der Waals surface area contributed by atoms with Crippen molar-refractivity contribution in [2.45, 2.75) is 19.9 Å². The number of amides is 1. The zero-order valence-corrected chi connectivity index (χ0v) is 11.2. The second kappa shape index (κ2) is 5.66. The first kappa shape index (κ1) is 13.3. The maximum atomic E-state index is 11.8. The van der Waals surface area contributed by atoms with Gasteiger partial charge in [-0.05, 0) is 13.0 Å². The van der Waals surface area contributed by atoms with E-state index < -0.39 is 0 Å². The van der Waals surface area contributed by atoms with Crippen molar-refractivity contribution in [1.29, 1.82) is 0 Å². The molecule has 0 atom stereocenters. The first-order valence-corrected chi connectivity index (χ1v) is 6.66. The summed E-state index contributed by atoms with van der Waals surface area (Å²) in [5.74, 6) is -0.188. The highest BCUT2D eigenvalue weighted by Crippen LogP contribution is 2.12. The minimum atomic E-state index is -0.188. The molecule has 0 aliphatic heterocycles.